The van der Waals surface area contributed by atoms with Crippen molar-refractivity contribution in [2.45, 2.75) is 39.5 Å². The van der Waals surface area contributed by atoms with E-state index in [0.717, 1.165) is 34.7 Å². The van der Waals surface area contributed by atoms with Crippen LogP contribution in [0.1, 0.15) is 48.9 Å². The minimum atomic E-state index is -1.46. The number of unbranched alkanes of at least 4 members (excludes halogenated alkanes) is 1. The van der Waals surface area contributed by atoms with Crippen molar-refractivity contribution in [2.75, 3.05) is 0 Å². The Hall–Kier alpha value is -2.54. The van der Waals surface area contributed by atoms with Gasteiger partial charge in [-0.15, -0.1) is 0 Å². The first-order chi connectivity index (χ1) is 13.1. The molecule has 0 aromatic heterocycles. The van der Waals surface area contributed by atoms with Crippen LogP contribution in [0, 0.1) is 11.8 Å². The lowest BCUT2D eigenvalue weighted by atomic mass is 9.79. The molecular formula is C24H25BO2. The van der Waals surface area contributed by atoms with Crippen LogP contribution in [0.25, 0.3) is 10.8 Å². The fraction of sp³-hybridized carbons (Fsp3) is 0.250. The van der Waals surface area contributed by atoms with Crippen molar-refractivity contribution in [1.82, 2.24) is 0 Å². The fourth-order valence-electron chi connectivity index (χ4n) is 3.30. The summed E-state index contributed by atoms with van der Waals surface area (Å²) in [5.74, 6) is 6.66. The Bertz CT molecular complexity index is 996. The minimum absolute atomic E-state index is 0.489. The van der Waals surface area contributed by atoms with E-state index in [1.807, 2.05) is 24.3 Å². The van der Waals surface area contributed by atoms with Crippen molar-refractivity contribution < 1.29 is 10.0 Å². The van der Waals surface area contributed by atoms with E-state index in [2.05, 4.69) is 43.9 Å². The van der Waals surface area contributed by atoms with Gasteiger partial charge in [0.15, 0.2) is 0 Å². The Morgan fingerprint density at radius 2 is 1.70 bits per heavy atom. The SMILES string of the molecule is CCCCc1ccc(C#Cc2cccc3cc(B(O)O)ccc23)c(CC)c1. The summed E-state index contributed by atoms with van der Waals surface area (Å²) in [6.45, 7) is 4.39. The van der Waals surface area contributed by atoms with E-state index in [4.69, 9.17) is 0 Å². The smallest absolute Gasteiger partial charge is 0.423 e. The van der Waals surface area contributed by atoms with Gasteiger partial charge in [0.1, 0.15) is 0 Å². The van der Waals surface area contributed by atoms with Gasteiger partial charge in [0.25, 0.3) is 0 Å². The average Bonchev–Trinajstić information content (AvgIpc) is 2.70. The van der Waals surface area contributed by atoms with Crippen LogP contribution in [0.3, 0.4) is 0 Å². The van der Waals surface area contributed by atoms with Crippen LogP contribution in [0.5, 0.6) is 0 Å². The average molecular weight is 356 g/mol. The number of benzene rings is 3. The first-order valence-electron chi connectivity index (χ1n) is 9.65. The summed E-state index contributed by atoms with van der Waals surface area (Å²) in [5.41, 5.74) is 5.20. The third-order valence-corrected chi connectivity index (χ3v) is 4.90. The molecule has 0 aliphatic heterocycles. The quantitative estimate of drug-likeness (QED) is 0.539. The van der Waals surface area contributed by atoms with Gasteiger partial charge in [-0.1, -0.05) is 74.6 Å². The van der Waals surface area contributed by atoms with Crippen molar-refractivity contribution in [3.8, 4) is 11.8 Å². The van der Waals surface area contributed by atoms with Crippen LogP contribution in [-0.2, 0) is 12.8 Å². The van der Waals surface area contributed by atoms with E-state index in [-0.39, 0.29) is 0 Å². The summed E-state index contributed by atoms with van der Waals surface area (Å²) >= 11 is 0. The highest BCUT2D eigenvalue weighted by atomic mass is 16.4. The molecule has 0 spiro atoms. The molecular weight excluding hydrogens is 331 g/mol. The Kier molecular flexibility index (Phi) is 6.34. The molecule has 0 fully saturated rings. The lowest BCUT2D eigenvalue weighted by Gasteiger charge is -2.06. The Morgan fingerprint density at radius 3 is 2.44 bits per heavy atom. The van der Waals surface area contributed by atoms with Crippen LogP contribution in [-0.4, -0.2) is 17.2 Å². The van der Waals surface area contributed by atoms with E-state index < -0.39 is 7.12 Å². The van der Waals surface area contributed by atoms with Crippen LogP contribution < -0.4 is 5.46 Å². The van der Waals surface area contributed by atoms with Crippen LogP contribution in [0.2, 0.25) is 0 Å². The molecule has 3 aromatic rings. The summed E-state index contributed by atoms with van der Waals surface area (Å²) in [7, 11) is -1.46. The molecule has 0 saturated heterocycles. The highest BCUT2D eigenvalue weighted by molar-refractivity contribution is 6.58. The molecule has 3 aromatic carbocycles. The highest BCUT2D eigenvalue weighted by Gasteiger charge is 2.11. The van der Waals surface area contributed by atoms with E-state index >= 15 is 0 Å². The number of hydrogen-bond donors (Lipinski definition) is 2. The largest absolute Gasteiger partial charge is 0.488 e. The molecule has 0 amide bonds. The first kappa shape index (κ1) is 19.2. The van der Waals surface area contributed by atoms with Gasteiger partial charge in [-0.25, -0.2) is 0 Å². The van der Waals surface area contributed by atoms with Gasteiger partial charge in [0.05, 0.1) is 0 Å². The van der Waals surface area contributed by atoms with Gasteiger partial charge in [-0.05, 0) is 58.8 Å². The summed E-state index contributed by atoms with van der Waals surface area (Å²) in [4.78, 5) is 0. The molecule has 2 N–H and O–H groups in total. The Morgan fingerprint density at radius 1 is 0.889 bits per heavy atom. The van der Waals surface area contributed by atoms with Gasteiger partial charge in [-0.2, -0.15) is 0 Å². The normalized spacial score (nSPS) is 10.5. The zero-order valence-electron chi connectivity index (χ0n) is 16.0. The van der Waals surface area contributed by atoms with Gasteiger partial charge in [0.2, 0.25) is 0 Å². The molecule has 3 heteroatoms. The van der Waals surface area contributed by atoms with E-state index in [1.165, 1.54) is 24.0 Å². The maximum absolute atomic E-state index is 9.37. The highest BCUT2D eigenvalue weighted by Crippen LogP contribution is 2.18. The molecule has 0 radical (unpaired) electrons. The first-order valence-corrected chi connectivity index (χ1v) is 9.65. The van der Waals surface area contributed by atoms with Gasteiger partial charge < -0.3 is 10.0 Å². The number of aryl methyl sites for hydroxylation is 2. The second kappa shape index (κ2) is 8.91. The molecule has 0 aliphatic rings. The van der Waals surface area contributed by atoms with Crippen molar-refractivity contribution >= 4 is 23.4 Å². The number of fused-ring (bicyclic) bond motifs is 1. The third kappa shape index (κ3) is 4.60. The number of hydrogen-bond acceptors (Lipinski definition) is 2. The summed E-state index contributed by atoms with van der Waals surface area (Å²) in [6, 6.07) is 18.0. The predicted octanol–water partition coefficient (Wildman–Crippen LogP) is 3.82. The van der Waals surface area contributed by atoms with Crippen LogP contribution in [0.4, 0.5) is 0 Å². The second-order valence-corrected chi connectivity index (χ2v) is 6.86. The Balaban J connectivity index is 1.95. The monoisotopic (exact) mass is 356 g/mol. The maximum atomic E-state index is 9.37. The van der Waals surface area contributed by atoms with E-state index in [0.29, 0.717) is 5.46 Å². The Labute approximate surface area is 162 Å². The predicted molar refractivity (Wildman–Crippen MR) is 114 cm³/mol. The standard InChI is InChI=1S/C24H25BO2/c1-3-5-7-18-10-11-20(19(4-2)16-18)12-13-21-8-6-9-22-17-23(25(26)27)14-15-24(21)22/h6,8-11,14-17,26-27H,3-5,7H2,1-2H3. The molecule has 0 aliphatic carbocycles. The van der Waals surface area contributed by atoms with Gasteiger partial charge in [0, 0.05) is 11.1 Å². The zero-order chi connectivity index (χ0) is 19.2. The topological polar surface area (TPSA) is 40.5 Å². The maximum Gasteiger partial charge on any atom is 0.488 e. The van der Waals surface area contributed by atoms with Crippen molar-refractivity contribution in [1.29, 1.82) is 0 Å². The molecule has 0 atom stereocenters. The molecule has 0 saturated carbocycles. The molecule has 2 nitrogen and oxygen atoms in total. The second-order valence-electron chi connectivity index (χ2n) is 6.86. The molecule has 3 rings (SSSR count). The lowest BCUT2D eigenvalue weighted by Crippen LogP contribution is -2.29. The van der Waals surface area contributed by atoms with Crippen molar-refractivity contribution in [3.63, 3.8) is 0 Å². The van der Waals surface area contributed by atoms with Crippen LogP contribution >= 0.6 is 0 Å². The molecule has 0 heterocycles. The van der Waals surface area contributed by atoms with E-state index in [9.17, 15) is 10.0 Å². The van der Waals surface area contributed by atoms with E-state index in [1.54, 1.807) is 12.1 Å². The minimum Gasteiger partial charge on any atom is -0.423 e. The summed E-state index contributed by atoms with van der Waals surface area (Å²) < 4.78 is 0. The van der Waals surface area contributed by atoms with Gasteiger partial charge in [-0.3, -0.25) is 0 Å². The zero-order valence-corrected chi connectivity index (χ0v) is 16.0. The fourth-order valence-corrected chi connectivity index (χ4v) is 3.30. The molecule has 136 valence electrons. The summed E-state index contributed by atoms with van der Waals surface area (Å²) in [6.07, 6.45) is 4.52. The third-order valence-electron chi connectivity index (χ3n) is 4.90. The van der Waals surface area contributed by atoms with Crippen LogP contribution in [0.15, 0.2) is 54.6 Å². The number of rotatable bonds is 5. The van der Waals surface area contributed by atoms with Crippen molar-refractivity contribution in [3.05, 3.63) is 76.9 Å². The summed E-state index contributed by atoms with van der Waals surface area (Å²) in [5, 5.41) is 20.7. The molecule has 0 unspecified atom stereocenters. The lowest BCUT2D eigenvalue weighted by molar-refractivity contribution is 0.426. The van der Waals surface area contributed by atoms with Gasteiger partial charge >= 0.3 is 7.12 Å². The molecule has 27 heavy (non-hydrogen) atoms. The van der Waals surface area contributed by atoms with Crippen molar-refractivity contribution in [2.24, 2.45) is 0 Å². The molecule has 0 bridgehead atoms.